The van der Waals surface area contributed by atoms with Crippen molar-refractivity contribution in [3.05, 3.63) is 40.9 Å². The average molecular weight is 395 g/mol. The lowest BCUT2D eigenvalue weighted by Crippen LogP contribution is -2.20. The summed E-state index contributed by atoms with van der Waals surface area (Å²) >= 11 is 6.17. The van der Waals surface area contributed by atoms with E-state index < -0.39 is 11.8 Å². The van der Waals surface area contributed by atoms with Gasteiger partial charge in [-0.3, -0.25) is 9.59 Å². The SMILES string of the molecule is COc1ccc(OC)c(NC(=O)c2cc(Cl)c(OCC(N)=O)c(OC)c2)c1. The molecule has 0 atom stereocenters. The Hall–Kier alpha value is -3.13. The first kappa shape index (κ1) is 20.2. The summed E-state index contributed by atoms with van der Waals surface area (Å²) in [5.74, 6) is 0.198. The molecule has 0 spiro atoms. The summed E-state index contributed by atoms with van der Waals surface area (Å²) < 4.78 is 20.8. The molecule has 2 aromatic carbocycles. The molecule has 8 nitrogen and oxygen atoms in total. The first-order chi connectivity index (χ1) is 12.9. The Kier molecular flexibility index (Phi) is 6.73. The number of nitrogens with two attached hydrogens (primary N) is 1. The standard InChI is InChI=1S/C18H19ClN2O6/c1-24-11-4-5-14(25-2)13(8-11)21-18(23)10-6-12(19)17(15(7-10)26-3)27-9-16(20)22/h4-8H,9H2,1-3H3,(H2,20,22)(H,21,23). The molecule has 3 N–H and O–H groups in total. The second-order valence-electron chi connectivity index (χ2n) is 5.26. The molecule has 0 saturated heterocycles. The van der Waals surface area contributed by atoms with Gasteiger partial charge in [-0.15, -0.1) is 0 Å². The molecule has 144 valence electrons. The monoisotopic (exact) mass is 394 g/mol. The van der Waals surface area contributed by atoms with E-state index in [-0.39, 0.29) is 28.7 Å². The first-order valence-electron chi connectivity index (χ1n) is 7.71. The third-order valence-corrected chi connectivity index (χ3v) is 3.79. The van der Waals surface area contributed by atoms with Crippen LogP contribution in [0.5, 0.6) is 23.0 Å². The highest BCUT2D eigenvalue weighted by Gasteiger charge is 2.18. The Morgan fingerprint density at radius 3 is 2.33 bits per heavy atom. The molecule has 0 radical (unpaired) electrons. The maximum atomic E-state index is 12.6. The van der Waals surface area contributed by atoms with Gasteiger partial charge in [-0.25, -0.2) is 0 Å². The number of carbonyl (C=O) groups excluding carboxylic acids is 2. The number of benzene rings is 2. The molecular weight excluding hydrogens is 376 g/mol. The van der Waals surface area contributed by atoms with Crippen LogP contribution in [0.15, 0.2) is 30.3 Å². The summed E-state index contributed by atoms with van der Waals surface area (Å²) in [4.78, 5) is 23.5. The summed E-state index contributed by atoms with van der Waals surface area (Å²) in [6.07, 6.45) is 0. The molecule has 0 aromatic heterocycles. The van der Waals surface area contributed by atoms with Crippen molar-refractivity contribution in [3.8, 4) is 23.0 Å². The van der Waals surface area contributed by atoms with Gasteiger partial charge in [-0.1, -0.05) is 11.6 Å². The highest BCUT2D eigenvalue weighted by molar-refractivity contribution is 6.32. The Morgan fingerprint density at radius 2 is 1.74 bits per heavy atom. The third-order valence-electron chi connectivity index (χ3n) is 3.51. The normalized spacial score (nSPS) is 10.1. The fraction of sp³-hybridized carbons (Fsp3) is 0.222. The molecule has 0 heterocycles. The Labute approximate surface area is 161 Å². The topological polar surface area (TPSA) is 109 Å². The van der Waals surface area contributed by atoms with Gasteiger partial charge in [-0.2, -0.15) is 0 Å². The van der Waals surface area contributed by atoms with Crippen LogP contribution in [0.4, 0.5) is 5.69 Å². The van der Waals surface area contributed by atoms with Crippen molar-refractivity contribution in [2.45, 2.75) is 0 Å². The Morgan fingerprint density at radius 1 is 1.04 bits per heavy atom. The zero-order valence-corrected chi connectivity index (χ0v) is 15.8. The number of methoxy groups -OCH3 is 3. The number of anilines is 1. The molecular formula is C18H19ClN2O6. The molecule has 0 aliphatic carbocycles. The fourth-order valence-corrected chi connectivity index (χ4v) is 2.51. The van der Waals surface area contributed by atoms with Crippen molar-refractivity contribution in [3.63, 3.8) is 0 Å². The molecule has 2 rings (SSSR count). The quantitative estimate of drug-likeness (QED) is 0.711. The van der Waals surface area contributed by atoms with Gasteiger partial charge < -0.3 is 30.0 Å². The molecule has 2 aromatic rings. The van der Waals surface area contributed by atoms with E-state index in [0.29, 0.717) is 17.2 Å². The number of ether oxygens (including phenoxy) is 4. The molecule has 0 aliphatic heterocycles. The third kappa shape index (κ3) is 4.95. The molecule has 0 saturated carbocycles. The van der Waals surface area contributed by atoms with Crippen LogP contribution >= 0.6 is 11.6 Å². The number of amides is 2. The lowest BCUT2D eigenvalue weighted by Gasteiger charge is -2.15. The zero-order chi connectivity index (χ0) is 20.0. The Balaban J connectivity index is 2.31. The van der Waals surface area contributed by atoms with E-state index in [2.05, 4.69) is 5.32 Å². The van der Waals surface area contributed by atoms with Crippen molar-refractivity contribution in [2.75, 3.05) is 33.3 Å². The largest absolute Gasteiger partial charge is 0.497 e. The molecule has 0 aliphatic rings. The van der Waals surface area contributed by atoms with Gasteiger partial charge in [0.05, 0.1) is 32.0 Å². The predicted molar refractivity (Wildman–Crippen MR) is 100 cm³/mol. The van der Waals surface area contributed by atoms with Crippen LogP contribution in [0.25, 0.3) is 0 Å². The summed E-state index contributed by atoms with van der Waals surface area (Å²) in [5.41, 5.74) is 5.70. The van der Waals surface area contributed by atoms with E-state index in [1.165, 1.54) is 33.5 Å². The van der Waals surface area contributed by atoms with Gasteiger partial charge in [0.15, 0.2) is 18.1 Å². The second kappa shape index (κ2) is 9.00. The van der Waals surface area contributed by atoms with E-state index >= 15 is 0 Å². The van der Waals surface area contributed by atoms with Crippen molar-refractivity contribution in [1.29, 1.82) is 0 Å². The minimum absolute atomic E-state index is 0.0957. The van der Waals surface area contributed by atoms with E-state index in [4.69, 9.17) is 36.3 Å². The summed E-state index contributed by atoms with van der Waals surface area (Å²) in [5, 5.41) is 2.82. The fourth-order valence-electron chi connectivity index (χ4n) is 2.24. The van der Waals surface area contributed by atoms with Gasteiger partial charge in [0.2, 0.25) is 0 Å². The van der Waals surface area contributed by atoms with Crippen LogP contribution < -0.4 is 30.0 Å². The van der Waals surface area contributed by atoms with Crippen LogP contribution in [-0.4, -0.2) is 39.8 Å². The summed E-state index contributed by atoms with van der Waals surface area (Å²) in [6.45, 7) is -0.372. The highest BCUT2D eigenvalue weighted by Crippen LogP contribution is 2.37. The smallest absolute Gasteiger partial charge is 0.255 e. The molecule has 0 fully saturated rings. The average Bonchev–Trinajstić information content (AvgIpc) is 2.65. The maximum absolute atomic E-state index is 12.6. The summed E-state index contributed by atoms with van der Waals surface area (Å²) in [6, 6.07) is 7.83. The molecule has 2 amide bonds. The van der Waals surface area contributed by atoms with Crippen molar-refractivity contribution in [1.82, 2.24) is 0 Å². The molecule has 9 heteroatoms. The minimum atomic E-state index is -0.667. The summed E-state index contributed by atoms with van der Waals surface area (Å²) in [7, 11) is 4.39. The lowest BCUT2D eigenvalue weighted by molar-refractivity contribution is -0.119. The van der Waals surface area contributed by atoms with E-state index in [1.54, 1.807) is 18.2 Å². The van der Waals surface area contributed by atoms with Crippen molar-refractivity contribution >= 4 is 29.1 Å². The Bertz CT molecular complexity index is 856. The van der Waals surface area contributed by atoms with Crippen molar-refractivity contribution in [2.24, 2.45) is 5.73 Å². The van der Waals surface area contributed by atoms with Crippen LogP contribution in [0.2, 0.25) is 5.02 Å². The number of hydrogen-bond acceptors (Lipinski definition) is 6. The molecule has 27 heavy (non-hydrogen) atoms. The van der Waals surface area contributed by atoms with Gasteiger partial charge in [0.1, 0.15) is 11.5 Å². The second-order valence-corrected chi connectivity index (χ2v) is 5.67. The van der Waals surface area contributed by atoms with E-state index in [1.807, 2.05) is 0 Å². The van der Waals surface area contributed by atoms with Gasteiger partial charge in [0, 0.05) is 11.6 Å². The number of primary amides is 1. The maximum Gasteiger partial charge on any atom is 0.255 e. The van der Waals surface area contributed by atoms with Crippen molar-refractivity contribution < 1.29 is 28.5 Å². The van der Waals surface area contributed by atoms with Crippen LogP contribution in [-0.2, 0) is 4.79 Å². The minimum Gasteiger partial charge on any atom is -0.497 e. The van der Waals surface area contributed by atoms with E-state index in [0.717, 1.165) is 0 Å². The van der Waals surface area contributed by atoms with Crippen LogP contribution in [0.1, 0.15) is 10.4 Å². The lowest BCUT2D eigenvalue weighted by atomic mass is 10.1. The molecule has 0 unspecified atom stereocenters. The van der Waals surface area contributed by atoms with Crippen LogP contribution in [0, 0.1) is 0 Å². The van der Waals surface area contributed by atoms with Gasteiger partial charge in [-0.05, 0) is 24.3 Å². The number of halogens is 1. The first-order valence-corrected chi connectivity index (χ1v) is 8.09. The predicted octanol–water partition coefficient (Wildman–Crippen LogP) is 2.48. The molecule has 0 bridgehead atoms. The van der Waals surface area contributed by atoms with Crippen LogP contribution in [0.3, 0.4) is 0 Å². The number of nitrogens with one attached hydrogen (secondary N) is 1. The number of carbonyl (C=O) groups is 2. The zero-order valence-electron chi connectivity index (χ0n) is 15.0. The van der Waals surface area contributed by atoms with E-state index in [9.17, 15) is 9.59 Å². The number of rotatable bonds is 8. The van der Waals surface area contributed by atoms with Gasteiger partial charge in [0.25, 0.3) is 11.8 Å². The van der Waals surface area contributed by atoms with Gasteiger partial charge >= 0.3 is 0 Å². The number of hydrogen-bond donors (Lipinski definition) is 2. The highest BCUT2D eigenvalue weighted by atomic mass is 35.5.